The second kappa shape index (κ2) is 2.99. The first kappa shape index (κ1) is 8.49. The van der Waals surface area contributed by atoms with E-state index in [1.165, 1.54) is 0 Å². The summed E-state index contributed by atoms with van der Waals surface area (Å²) in [7, 11) is 0. The van der Waals surface area contributed by atoms with Crippen molar-refractivity contribution in [1.82, 2.24) is 10.1 Å². The molecule has 14 heavy (non-hydrogen) atoms. The van der Waals surface area contributed by atoms with Crippen LogP contribution in [0.5, 0.6) is 0 Å². The van der Waals surface area contributed by atoms with E-state index in [0.717, 1.165) is 6.26 Å². The van der Waals surface area contributed by atoms with Gasteiger partial charge in [0.1, 0.15) is 12.0 Å². The van der Waals surface area contributed by atoms with Crippen LogP contribution >= 0.6 is 0 Å². The lowest BCUT2D eigenvalue weighted by Gasteiger charge is -1.81. The van der Waals surface area contributed by atoms with Gasteiger partial charge in [0, 0.05) is 6.07 Å². The molecule has 0 bridgehead atoms. The molecule has 0 saturated carbocycles. The zero-order chi connectivity index (χ0) is 10.1. The summed E-state index contributed by atoms with van der Waals surface area (Å²) >= 11 is 0. The Bertz CT molecular complexity index is 471. The molecule has 0 unspecified atom stereocenters. The molecule has 0 radical (unpaired) electrons. The van der Waals surface area contributed by atoms with Crippen LogP contribution in [0.2, 0.25) is 0 Å². The molecule has 2 rings (SSSR count). The number of aromatic carboxylic acids is 1. The van der Waals surface area contributed by atoms with Gasteiger partial charge in [-0.25, -0.2) is 9.78 Å². The molecule has 2 aromatic heterocycles. The molecule has 2 heterocycles. The van der Waals surface area contributed by atoms with Crippen LogP contribution in [0.1, 0.15) is 16.2 Å². The van der Waals surface area contributed by atoms with E-state index in [9.17, 15) is 4.79 Å². The van der Waals surface area contributed by atoms with Gasteiger partial charge in [0.05, 0.1) is 0 Å². The standard InChI is InChI=1S/C8H6N2O4/c1-4-2-5(10-14-4)7-9-6(3-13-7)8(11)12/h2-3H,1H3,(H,11,12). The zero-order valence-electron chi connectivity index (χ0n) is 7.22. The van der Waals surface area contributed by atoms with Crippen molar-refractivity contribution in [3.63, 3.8) is 0 Å². The molecule has 0 amide bonds. The van der Waals surface area contributed by atoms with E-state index in [0.29, 0.717) is 11.5 Å². The summed E-state index contributed by atoms with van der Waals surface area (Å²) < 4.78 is 9.70. The summed E-state index contributed by atoms with van der Waals surface area (Å²) in [6.07, 6.45) is 1.06. The number of carbonyl (C=O) groups is 1. The highest BCUT2D eigenvalue weighted by molar-refractivity contribution is 5.85. The summed E-state index contributed by atoms with van der Waals surface area (Å²) in [5, 5.41) is 12.2. The molecule has 2 aromatic rings. The molecule has 0 atom stereocenters. The van der Waals surface area contributed by atoms with Gasteiger partial charge in [-0.05, 0) is 6.92 Å². The quantitative estimate of drug-likeness (QED) is 0.775. The molecule has 0 aliphatic heterocycles. The second-order valence-electron chi connectivity index (χ2n) is 2.67. The van der Waals surface area contributed by atoms with Crippen molar-refractivity contribution in [1.29, 1.82) is 0 Å². The predicted molar refractivity (Wildman–Crippen MR) is 43.7 cm³/mol. The van der Waals surface area contributed by atoms with Crippen LogP contribution in [0.4, 0.5) is 0 Å². The Morgan fingerprint density at radius 1 is 1.57 bits per heavy atom. The van der Waals surface area contributed by atoms with Gasteiger partial charge in [-0.3, -0.25) is 0 Å². The van der Waals surface area contributed by atoms with Crippen LogP contribution in [-0.2, 0) is 0 Å². The number of aromatic nitrogens is 2. The fourth-order valence-corrected chi connectivity index (χ4v) is 0.957. The van der Waals surface area contributed by atoms with E-state index in [-0.39, 0.29) is 11.6 Å². The summed E-state index contributed by atoms with van der Waals surface area (Å²) in [4.78, 5) is 14.2. The van der Waals surface area contributed by atoms with Gasteiger partial charge in [-0.1, -0.05) is 5.16 Å². The van der Waals surface area contributed by atoms with Crippen LogP contribution in [0.3, 0.4) is 0 Å². The molecule has 6 heteroatoms. The van der Waals surface area contributed by atoms with Crippen LogP contribution in [0.15, 0.2) is 21.3 Å². The van der Waals surface area contributed by atoms with Crippen molar-refractivity contribution in [3.8, 4) is 11.6 Å². The van der Waals surface area contributed by atoms with E-state index in [4.69, 9.17) is 14.0 Å². The highest BCUT2D eigenvalue weighted by atomic mass is 16.5. The topological polar surface area (TPSA) is 89.4 Å². The lowest BCUT2D eigenvalue weighted by atomic mass is 10.4. The normalized spacial score (nSPS) is 10.4. The van der Waals surface area contributed by atoms with Crippen LogP contribution in [-0.4, -0.2) is 21.2 Å². The molecule has 0 aliphatic carbocycles. The van der Waals surface area contributed by atoms with Gasteiger partial charge in [0.15, 0.2) is 11.4 Å². The maximum absolute atomic E-state index is 10.5. The van der Waals surface area contributed by atoms with Gasteiger partial charge >= 0.3 is 5.97 Å². The Morgan fingerprint density at radius 2 is 2.36 bits per heavy atom. The van der Waals surface area contributed by atoms with Gasteiger partial charge < -0.3 is 14.0 Å². The van der Waals surface area contributed by atoms with E-state index >= 15 is 0 Å². The highest BCUT2D eigenvalue weighted by Crippen LogP contribution is 2.17. The average Bonchev–Trinajstić information content (AvgIpc) is 2.70. The molecule has 0 saturated heterocycles. The van der Waals surface area contributed by atoms with Crippen LogP contribution in [0.25, 0.3) is 11.6 Å². The average molecular weight is 194 g/mol. The third-order valence-electron chi connectivity index (χ3n) is 1.57. The number of aryl methyl sites for hydroxylation is 1. The third-order valence-corrected chi connectivity index (χ3v) is 1.57. The smallest absolute Gasteiger partial charge is 0.357 e. The van der Waals surface area contributed by atoms with E-state index in [1.807, 2.05) is 0 Å². The largest absolute Gasteiger partial charge is 0.476 e. The van der Waals surface area contributed by atoms with Crippen molar-refractivity contribution in [2.24, 2.45) is 0 Å². The molecule has 72 valence electrons. The Kier molecular flexibility index (Phi) is 1.81. The monoisotopic (exact) mass is 194 g/mol. The Balaban J connectivity index is 2.38. The number of hydrogen-bond acceptors (Lipinski definition) is 5. The molecule has 0 fully saturated rings. The van der Waals surface area contributed by atoms with Gasteiger partial charge in [-0.15, -0.1) is 0 Å². The van der Waals surface area contributed by atoms with E-state index in [2.05, 4.69) is 10.1 Å². The molecule has 0 aliphatic rings. The Hall–Kier alpha value is -2.11. The van der Waals surface area contributed by atoms with Crippen molar-refractivity contribution in [2.45, 2.75) is 6.92 Å². The third kappa shape index (κ3) is 1.37. The number of nitrogens with zero attached hydrogens (tertiary/aromatic N) is 2. The lowest BCUT2D eigenvalue weighted by Crippen LogP contribution is -1.95. The molecule has 6 nitrogen and oxygen atoms in total. The van der Waals surface area contributed by atoms with Crippen molar-refractivity contribution in [2.75, 3.05) is 0 Å². The minimum Gasteiger partial charge on any atom is -0.476 e. The highest BCUT2D eigenvalue weighted by Gasteiger charge is 2.14. The first-order valence-corrected chi connectivity index (χ1v) is 3.79. The molecule has 1 N–H and O–H groups in total. The van der Waals surface area contributed by atoms with Crippen molar-refractivity contribution >= 4 is 5.97 Å². The minimum absolute atomic E-state index is 0.138. The number of carboxylic acids is 1. The lowest BCUT2D eigenvalue weighted by molar-refractivity contribution is 0.0690. The maximum Gasteiger partial charge on any atom is 0.357 e. The van der Waals surface area contributed by atoms with Crippen LogP contribution in [0, 0.1) is 6.92 Å². The fourth-order valence-electron chi connectivity index (χ4n) is 0.957. The minimum atomic E-state index is -1.14. The van der Waals surface area contributed by atoms with E-state index in [1.54, 1.807) is 13.0 Å². The van der Waals surface area contributed by atoms with E-state index < -0.39 is 5.97 Å². The summed E-state index contributed by atoms with van der Waals surface area (Å²) in [6.45, 7) is 1.72. The van der Waals surface area contributed by atoms with Crippen LogP contribution < -0.4 is 0 Å². The Labute approximate surface area is 78.2 Å². The van der Waals surface area contributed by atoms with Gasteiger partial charge in [0.25, 0.3) is 0 Å². The maximum atomic E-state index is 10.5. The first-order chi connectivity index (χ1) is 6.66. The number of oxazole rings is 1. The second-order valence-corrected chi connectivity index (χ2v) is 2.67. The summed E-state index contributed by atoms with van der Waals surface area (Å²) in [5.74, 6) is -0.394. The molecular weight excluding hydrogens is 188 g/mol. The summed E-state index contributed by atoms with van der Waals surface area (Å²) in [6, 6.07) is 1.61. The SMILES string of the molecule is Cc1cc(-c2nc(C(=O)O)co2)no1. The predicted octanol–water partition coefficient (Wildman–Crippen LogP) is 1.34. The zero-order valence-corrected chi connectivity index (χ0v) is 7.22. The summed E-state index contributed by atoms with van der Waals surface area (Å²) in [5.41, 5.74) is 0.232. The van der Waals surface area contributed by atoms with Gasteiger partial charge in [-0.2, -0.15) is 0 Å². The van der Waals surface area contributed by atoms with Gasteiger partial charge in [0.2, 0.25) is 5.89 Å². The number of carboxylic acid groups (broad SMARTS) is 1. The van der Waals surface area contributed by atoms with Crippen molar-refractivity contribution < 1.29 is 18.8 Å². The molecule has 0 aromatic carbocycles. The Morgan fingerprint density at radius 3 is 2.86 bits per heavy atom. The molecular formula is C8H6N2O4. The molecule has 0 spiro atoms. The first-order valence-electron chi connectivity index (χ1n) is 3.79. The fraction of sp³-hybridized carbons (Fsp3) is 0.125. The number of hydrogen-bond donors (Lipinski definition) is 1. The van der Waals surface area contributed by atoms with Crippen molar-refractivity contribution in [3.05, 3.63) is 23.8 Å². The number of rotatable bonds is 2.